The molecule has 0 bridgehead atoms. The van der Waals surface area contributed by atoms with E-state index in [0.717, 1.165) is 0 Å². The number of likely N-dealkylation sites (tertiary alicyclic amines) is 1. The van der Waals surface area contributed by atoms with Crippen LogP contribution < -0.4 is 0 Å². The summed E-state index contributed by atoms with van der Waals surface area (Å²) in [6.07, 6.45) is 3.88. The molecule has 0 spiro atoms. The first-order valence-corrected chi connectivity index (χ1v) is 4.73. The Hall–Kier alpha value is -1.09. The van der Waals surface area contributed by atoms with Gasteiger partial charge in [0.15, 0.2) is 6.10 Å². The maximum Gasteiger partial charge on any atom is 0.254 e. The minimum atomic E-state index is -0.981. The molecule has 0 saturated carbocycles. The second-order valence-electron chi connectivity index (χ2n) is 3.38. The number of ether oxygens (including phenoxy) is 1. The summed E-state index contributed by atoms with van der Waals surface area (Å²) in [5.74, 6) is 2.23. The monoisotopic (exact) mass is 213 g/mol. The largest absolute Gasteiger partial charge is 0.394 e. The highest BCUT2D eigenvalue weighted by molar-refractivity contribution is 5.88. The number of amides is 1. The van der Waals surface area contributed by atoms with Gasteiger partial charge >= 0.3 is 0 Å². The summed E-state index contributed by atoms with van der Waals surface area (Å²) in [6.45, 7) is -0.0126. The van der Waals surface area contributed by atoms with Crippen LogP contribution in [0.25, 0.3) is 0 Å². The Morgan fingerprint density at radius 1 is 1.73 bits per heavy atom. The first-order valence-electron chi connectivity index (χ1n) is 4.73. The van der Waals surface area contributed by atoms with Crippen LogP contribution in [0.3, 0.4) is 0 Å². The first-order chi connectivity index (χ1) is 7.17. The summed E-state index contributed by atoms with van der Waals surface area (Å²) in [5, 5.41) is 18.3. The number of aliphatic hydroxyl groups is 2. The predicted octanol–water partition coefficient (Wildman–Crippen LogP) is -1.41. The Morgan fingerprint density at radius 3 is 2.87 bits per heavy atom. The van der Waals surface area contributed by atoms with E-state index < -0.39 is 24.9 Å². The van der Waals surface area contributed by atoms with E-state index in [2.05, 4.69) is 5.92 Å². The standard InChI is InChI=1S/C10H15NO4/c1-3-4-5-11-8(7(13)6-12)9(15-2)10(11)14/h1,7-9,12-13H,4-6H2,2H3/t7-,8+,9-/m1/s1. The van der Waals surface area contributed by atoms with Gasteiger partial charge in [-0.25, -0.2) is 0 Å². The van der Waals surface area contributed by atoms with Gasteiger partial charge in [-0.1, -0.05) is 0 Å². The van der Waals surface area contributed by atoms with Crippen LogP contribution in [-0.2, 0) is 9.53 Å². The molecule has 0 aromatic heterocycles. The molecule has 1 amide bonds. The van der Waals surface area contributed by atoms with Gasteiger partial charge in [0.25, 0.3) is 5.91 Å². The molecular weight excluding hydrogens is 198 g/mol. The lowest BCUT2D eigenvalue weighted by Crippen LogP contribution is -2.70. The number of β-lactam (4-membered cyclic amide) rings is 1. The number of hydrogen-bond donors (Lipinski definition) is 2. The Kier molecular flexibility index (Phi) is 4.09. The normalized spacial score (nSPS) is 27.1. The molecule has 0 aromatic carbocycles. The SMILES string of the molecule is C#CCCN1C(=O)[C@H](OC)[C@@H]1[C@H](O)CO. The van der Waals surface area contributed by atoms with E-state index in [1.54, 1.807) is 0 Å². The molecule has 0 radical (unpaired) electrons. The van der Waals surface area contributed by atoms with Crippen LogP contribution in [0.4, 0.5) is 0 Å². The van der Waals surface area contributed by atoms with Gasteiger partial charge in [0.05, 0.1) is 12.6 Å². The average molecular weight is 213 g/mol. The first kappa shape index (κ1) is 12.0. The fourth-order valence-electron chi connectivity index (χ4n) is 1.74. The lowest BCUT2D eigenvalue weighted by molar-refractivity contribution is -0.182. The fourth-order valence-corrected chi connectivity index (χ4v) is 1.74. The highest BCUT2D eigenvalue weighted by Crippen LogP contribution is 2.25. The van der Waals surface area contributed by atoms with E-state index in [4.69, 9.17) is 16.3 Å². The number of aliphatic hydroxyl groups excluding tert-OH is 2. The number of hydrogen-bond acceptors (Lipinski definition) is 4. The van der Waals surface area contributed by atoms with E-state index in [-0.39, 0.29) is 5.91 Å². The van der Waals surface area contributed by atoms with Gasteiger partial charge in [-0.2, -0.15) is 0 Å². The van der Waals surface area contributed by atoms with Crippen LogP contribution in [0.2, 0.25) is 0 Å². The highest BCUT2D eigenvalue weighted by atomic mass is 16.5. The Labute approximate surface area is 88.6 Å². The van der Waals surface area contributed by atoms with Crippen molar-refractivity contribution in [3.05, 3.63) is 0 Å². The van der Waals surface area contributed by atoms with Crippen molar-refractivity contribution in [3.63, 3.8) is 0 Å². The second kappa shape index (κ2) is 5.12. The van der Waals surface area contributed by atoms with Gasteiger partial charge in [0, 0.05) is 20.1 Å². The molecular formula is C10H15NO4. The lowest BCUT2D eigenvalue weighted by atomic mass is 9.92. The molecule has 5 heteroatoms. The van der Waals surface area contributed by atoms with Crippen LogP contribution >= 0.6 is 0 Å². The third-order valence-corrected chi connectivity index (χ3v) is 2.53. The molecule has 1 heterocycles. The van der Waals surface area contributed by atoms with E-state index in [0.29, 0.717) is 13.0 Å². The van der Waals surface area contributed by atoms with Crippen LogP contribution in [0, 0.1) is 12.3 Å². The smallest absolute Gasteiger partial charge is 0.254 e. The van der Waals surface area contributed by atoms with Gasteiger partial charge in [-0.15, -0.1) is 12.3 Å². The maximum absolute atomic E-state index is 11.5. The third kappa shape index (κ3) is 2.12. The van der Waals surface area contributed by atoms with Crippen LogP contribution in [0.5, 0.6) is 0 Å². The van der Waals surface area contributed by atoms with E-state index in [1.807, 2.05) is 0 Å². The van der Waals surface area contributed by atoms with Gasteiger partial charge in [0.2, 0.25) is 0 Å². The quantitative estimate of drug-likeness (QED) is 0.435. The van der Waals surface area contributed by atoms with Crippen LogP contribution in [0.15, 0.2) is 0 Å². The van der Waals surface area contributed by atoms with E-state index in [9.17, 15) is 9.90 Å². The molecule has 0 aromatic rings. The minimum Gasteiger partial charge on any atom is -0.394 e. The topological polar surface area (TPSA) is 70.0 Å². The van der Waals surface area contributed by atoms with Crippen molar-refractivity contribution in [2.45, 2.75) is 24.7 Å². The van der Waals surface area contributed by atoms with Crippen molar-refractivity contribution in [1.82, 2.24) is 4.90 Å². The molecule has 2 N–H and O–H groups in total. The molecule has 1 aliphatic heterocycles. The van der Waals surface area contributed by atoms with Crippen LogP contribution in [0.1, 0.15) is 6.42 Å². The van der Waals surface area contributed by atoms with Gasteiger partial charge in [0.1, 0.15) is 6.10 Å². The zero-order valence-electron chi connectivity index (χ0n) is 8.59. The fraction of sp³-hybridized carbons (Fsp3) is 0.700. The van der Waals surface area contributed by atoms with Crippen molar-refractivity contribution in [1.29, 1.82) is 0 Å². The Balaban J connectivity index is 2.62. The van der Waals surface area contributed by atoms with Crippen molar-refractivity contribution in [2.24, 2.45) is 0 Å². The van der Waals surface area contributed by atoms with Crippen molar-refractivity contribution in [2.75, 3.05) is 20.3 Å². The zero-order chi connectivity index (χ0) is 11.4. The summed E-state index contributed by atoms with van der Waals surface area (Å²) in [6, 6.07) is -0.485. The zero-order valence-corrected chi connectivity index (χ0v) is 8.59. The number of methoxy groups -OCH3 is 1. The molecule has 1 rings (SSSR count). The number of terminal acetylenes is 1. The van der Waals surface area contributed by atoms with Crippen LogP contribution in [-0.4, -0.2) is 59.5 Å². The molecule has 0 unspecified atom stereocenters. The summed E-state index contributed by atoms with van der Waals surface area (Å²) < 4.78 is 4.93. The van der Waals surface area contributed by atoms with Gasteiger partial charge < -0.3 is 19.8 Å². The summed E-state index contributed by atoms with van der Waals surface area (Å²) >= 11 is 0. The van der Waals surface area contributed by atoms with E-state index >= 15 is 0 Å². The molecule has 3 atom stereocenters. The summed E-state index contributed by atoms with van der Waals surface area (Å²) in [7, 11) is 1.40. The molecule has 84 valence electrons. The maximum atomic E-state index is 11.5. The predicted molar refractivity (Wildman–Crippen MR) is 52.8 cm³/mol. The van der Waals surface area contributed by atoms with E-state index in [1.165, 1.54) is 12.0 Å². The summed E-state index contributed by atoms with van der Waals surface area (Å²) in [4.78, 5) is 12.9. The number of rotatable bonds is 5. The second-order valence-corrected chi connectivity index (χ2v) is 3.38. The number of carbonyl (C=O) groups excluding carboxylic acids is 1. The Bertz CT molecular complexity index is 273. The minimum absolute atomic E-state index is 0.190. The Morgan fingerprint density at radius 2 is 2.40 bits per heavy atom. The summed E-state index contributed by atoms with van der Waals surface area (Å²) in [5.41, 5.74) is 0. The van der Waals surface area contributed by atoms with Crippen molar-refractivity contribution in [3.8, 4) is 12.3 Å². The van der Waals surface area contributed by atoms with Crippen molar-refractivity contribution >= 4 is 5.91 Å². The molecule has 0 aliphatic carbocycles. The third-order valence-electron chi connectivity index (χ3n) is 2.53. The number of nitrogens with zero attached hydrogens (tertiary/aromatic N) is 1. The molecule has 1 saturated heterocycles. The highest BCUT2D eigenvalue weighted by Gasteiger charge is 2.50. The van der Waals surface area contributed by atoms with Crippen molar-refractivity contribution < 1.29 is 19.7 Å². The molecule has 5 nitrogen and oxygen atoms in total. The molecule has 1 aliphatic rings. The molecule has 1 fully saturated rings. The average Bonchev–Trinajstić information content (AvgIpc) is 2.25. The van der Waals surface area contributed by atoms with Gasteiger partial charge in [-0.05, 0) is 0 Å². The number of carbonyl (C=O) groups is 1. The van der Waals surface area contributed by atoms with Gasteiger partial charge in [-0.3, -0.25) is 4.79 Å². The molecule has 15 heavy (non-hydrogen) atoms. The lowest BCUT2D eigenvalue weighted by Gasteiger charge is -2.47.